The fraction of sp³-hybridized carbons (Fsp3) is 1.00. The van der Waals surface area contributed by atoms with Crippen LogP contribution < -0.4 is 5.32 Å². The Hall–Kier alpha value is -0.0551. The van der Waals surface area contributed by atoms with Crippen LogP contribution in [0.3, 0.4) is 0 Å². The first kappa shape index (κ1) is 11.4. The zero-order valence-electron chi connectivity index (χ0n) is 10.3. The van der Waals surface area contributed by atoms with E-state index in [2.05, 4.69) is 33.0 Å². The molecule has 1 atom stereocenters. The summed E-state index contributed by atoms with van der Waals surface area (Å²) in [5.74, 6) is 0.514. The highest BCUT2D eigenvalue weighted by molar-refractivity contribution is 6.47. The van der Waals surface area contributed by atoms with Gasteiger partial charge in [-0.3, -0.25) is 0 Å². The van der Waals surface area contributed by atoms with Crippen LogP contribution in [0.5, 0.6) is 0 Å². The third-order valence-corrected chi connectivity index (χ3v) is 3.99. The molecule has 0 aromatic carbocycles. The van der Waals surface area contributed by atoms with Gasteiger partial charge in [0.1, 0.15) is 0 Å². The number of rotatable bonds is 1. The molecule has 0 aromatic heterocycles. The zero-order chi connectivity index (χ0) is 11.1. The predicted molar refractivity (Wildman–Crippen MR) is 61.9 cm³/mol. The van der Waals surface area contributed by atoms with Gasteiger partial charge in [-0.15, -0.1) is 0 Å². The molecule has 0 radical (unpaired) electrons. The topological polar surface area (TPSA) is 30.5 Å². The molecule has 3 nitrogen and oxygen atoms in total. The summed E-state index contributed by atoms with van der Waals surface area (Å²) in [6, 6.07) is 0. The van der Waals surface area contributed by atoms with Crippen LogP contribution in [-0.2, 0) is 9.31 Å². The van der Waals surface area contributed by atoms with E-state index in [-0.39, 0.29) is 18.3 Å². The minimum atomic E-state index is -0.185. The lowest BCUT2D eigenvalue weighted by Gasteiger charge is -2.32. The SMILES string of the molecule is CC1(C)OB(C2CCCNC2)OC1(C)C. The molecular formula is C11H22BNO2. The molecule has 2 aliphatic rings. The largest absolute Gasteiger partial charge is 0.462 e. The Morgan fingerprint density at radius 3 is 2.20 bits per heavy atom. The smallest absolute Gasteiger partial charge is 0.403 e. The van der Waals surface area contributed by atoms with Crippen molar-refractivity contribution in [2.45, 2.75) is 57.6 Å². The molecule has 2 rings (SSSR count). The Balaban J connectivity index is 2.02. The Kier molecular flexibility index (Phi) is 2.86. The summed E-state index contributed by atoms with van der Waals surface area (Å²) in [6.07, 6.45) is 2.44. The molecule has 1 unspecified atom stereocenters. The molecular weight excluding hydrogens is 189 g/mol. The van der Waals surface area contributed by atoms with E-state index in [0.29, 0.717) is 5.82 Å². The van der Waals surface area contributed by atoms with Crippen molar-refractivity contribution in [1.29, 1.82) is 0 Å². The van der Waals surface area contributed by atoms with Gasteiger partial charge in [-0.25, -0.2) is 0 Å². The van der Waals surface area contributed by atoms with E-state index in [9.17, 15) is 0 Å². The summed E-state index contributed by atoms with van der Waals surface area (Å²) in [6.45, 7) is 10.6. The first-order valence-electron chi connectivity index (χ1n) is 5.99. The molecule has 2 heterocycles. The second-order valence-corrected chi connectivity index (χ2v) is 5.73. The standard InChI is InChI=1S/C11H22BNO2/c1-10(2)11(3,4)15-12(14-10)9-6-5-7-13-8-9/h9,13H,5-8H2,1-4H3. The van der Waals surface area contributed by atoms with Gasteiger partial charge in [-0.2, -0.15) is 0 Å². The number of piperidine rings is 1. The van der Waals surface area contributed by atoms with E-state index in [0.717, 1.165) is 13.1 Å². The van der Waals surface area contributed by atoms with Gasteiger partial charge in [0.2, 0.25) is 0 Å². The molecule has 2 aliphatic heterocycles. The van der Waals surface area contributed by atoms with E-state index in [1.54, 1.807) is 0 Å². The summed E-state index contributed by atoms with van der Waals surface area (Å²) < 4.78 is 12.1. The third kappa shape index (κ3) is 2.08. The average Bonchev–Trinajstić information content (AvgIpc) is 2.38. The molecule has 0 aliphatic carbocycles. The molecule has 1 N–H and O–H groups in total. The minimum absolute atomic E-state index is 0.0252. The number of hydrogen-bond donors (Lipinski definition) is 1. The van der Waals surface area contributed by atoms with Crippen molar-refractivity contribution < 1.29 is 9.31 Å². The summed E-state index contributed by atoms with van der Waals surface area (Å²) in [7, 11) is -0.0252. The molecule has 0 aromatic rings. The molecule has 2 saturated heterocycles. The Morgan fingerprint density at radius 2 is 1.73 bits per heavy atom. The van der Waals surface area contributed by atoms with Crippen molar-refractivity contribution in [2.24, 2.45) is 0 Å². The maximum Gasteiger partial charge on any atom is 0.462 e. The number of nitrogens with one attached hydrogen (secondary N) is 1. The first-order valence-corrected chi connectivity index (χ1v) is 5.99. The van der Waals surface area contributed by atoms with Crippen molar-refractivity contribution in [1.82, 2.24) is 5.32 Å². The van der Waals surface area contributed by atoms with Gasteiger partial charge in [0, 0.05) is 5.82 Å². The second-order valence-electron chi connectivity index (χ2n) is 5.73. The summed E-state index contributed by atoms with van der Waals surface area (Å²) >= 11 is 0. The summed E-state index contributed by atoms with van der Waals surface area (Å²) in [5.41, 5.74) is -0.371. The Labute approximate surface area is 93.0 Å². The second kappa shape index (κ2) is 3.76. The van der Waals surface area contributed by atoms with Crippen LogP contribution in [0.15, 0.2) is 0 Å². The van der Waals surface area contributed by atoms with Crippen LogP contribution in [0.4, 0.5) is 0 Å². The van der Waals surface area contributed by atoms with Gasteiger partial charge in [-0.1, -0.05) is 0 Å². The molecule has 15 heavy (non-hydrogen) atoms. The van der Waals surface area contributed by atoms with Gasteiger partial charge >= 0.3 is 7.12 Å². The lowest BCUT2D eigenvalue weighted by Crippen LogP contribution is -2.41. The molecule has 0 bridgehead atoms. The molecule has 2 fully saturated rings. The van der Waals surface area contributed by atoms with Crippen molar-refractivity contribution in [2.75, 3.05) is 13.1 Å². The molecule has 4 heteroatoms. The van der Waals surface area contributed by atoms with Crippen molar-refractivity contribution in [3.8, 4) is 0 Å². The Morgan fingerprint density at radius 1 is 1.13 bits per heavy atom. The predicted octanol–water partition coefficient (Wildman–Crippen LogP) is 1.83. The maximum atomic E-state index is 6.04. The van der Waals surface area contributed by atoms with E-state index in [4.69, 9.17) is 9.31 Å². The minimum Gasteiger partial charge on any atom is -0.403 e. The highest BCUT2D eigenvalue weighted by atomic mass is 16.7. The van der Waals surface area contributed by atoms with Gasteiger partial charge in [0.15, 0.2) is 0 Å². The number of hydrogen-bond acceptors (Lipinski definition) is 3. The van der Waals surface area contributed by atoms with Crippen LogP contribution in [-0.4, -0.2) is 31.4 Å². The van der Waals surface area contributed by atoms with Crippen LogP contribution in [0.1, 0.15) is 40.5 Å². The fourth-order valence-corrected chi connectivity index (χ4v) is 2.19. The van der Waals surface area contributed by atoms with Crippen LogP contribution in [0.25, 0.3) is 0 Å². The van der Waals surface area contributed by atoms with E-state index < -0.39 is 0 Å². The lowest BCUT2D eigenvalue weighted by atomic mass is 9.68. The van der Waals surface area contributed by atoms with Crippen LogP contribution in [0.2, 0.25) is 5.82 Å². The van der Waals surface area contributed by atoms with Crippen molar-refractivity contribution >= 4 is 7.12 Å². The molecule has 0 spiro atoms. The molecule has 86 valence electrons. The monoisotopic (exact) mass is 211 g/mol. The first-order chi connectivity index (χ1) is 6.92. The molecule has 0 amide bonds. The highest BCUT2D eigenvalue weighted by Crippen LogP contribution is 2.41. The lowest BCUT2D eigenvalue weighted by molar-refractivity contribution is 0.00578. The van der Waals surface area contributed by atoms with E-state index >= 15 is 0 Å². The van der Waals surface area contributed by atoms with Crippen LogP contribution in [0, 0.1) is 0 Å². The molecule has 0 saturated carbocycles. The quantitative estimate of drug-likeness (QED) is 0.671. The van der Waals surface area contributed by atoms with Gasteiger partial charge in [0.25, 0.3) is 0 Å². The third-order valence-electron chi connectivity index (χ3n) is 3.99. The van der Waals surface area contributed by atoms with Gasteiger partial charge in [-0.05, 0) is 53.6 Å². The Bertz CT molecular complexity index is 221. The van der Waals surface area contributed by atoms with E-state index in [1.807, 2.05) is 0 Å². The highest BCUT2D eigenvalue weighted by Gasteiger charge is 2.53. The van der Waals surface area contributed by atoms with E-state index in [1.165, 1.54) is 12.8 Å². The van der Waals surface area contributed by atoms with Gasteiger partial charge < -0.3 is 14.6 Å². The normalized spacial score (nSPS) is 34.4. The van der Waals surface area contributed by atoms with Crippen molar-refractivity contribution in [3.63, 3.8) is 0 Å². The fourth-order valence-electron chi connectivity index (χ4n) is 2.19. The average molecular weight is 211 g/mol. The van der Waals surface area contributed by atoms with Gasteiger partial charge in [0.05, 0.1) is 11.2 Å². The zero-order valence-corrected chi connectivity index (χ0v) is 10.3. The maximum absolute atomic E-state index is 6.04. The summed E-state index contributed by atoms with van der Waals surface area (Å²) in [4.78, 5) is 0. The van der Waals surface area contributed by atoms with Crippen molar-refractivity contribution in [3.05, 3.63) is 0 Å². The summed E-state index contributed by atoms with van der Waals surface area (Å²) in [5, 5.41) is 3.41. The van der Waals surface area contributed by atoms with Crippen LogP contribution >= 0.6 is 0 Å².